The lowest BCUT2D eigenvalue weighted by Crippen LogP contribution is -2.42. The van der Waals surface area contributed by atoms with E-state index in [0.29, 0.717) is 0 Å². The highest BCUT2D eigenvalue weighted by atomic mass is 19.4. The predicted octanol–water partition coefficient (Wildman–Crippen LogP) is 2.37. The van der Waals surface area contributed by atoms with Gasteiger partial charge < -0.3 is 10.4 Å². The summed E-state index contributed by atoms with van der Waals surface area (Å²) in [4.78, 5) is 22.9. The number of nitrogens with one attached hydrogen (secondary N) is 1. The second-order valence-corrected chi connectivity index (χ2v) is 5.10. The Kier molecular flexibility index (Phi) is 6.13. The third kappa shape index (κ3) is 5.98. The minimum atomic E-state index is -4.52. The first-order chi connectivity index (χ1) is 10.6. The highest BCUT2D eigenvalue weighted by Crippen LogP contribution is 2.29. The van der Waals surface area contributed by atoms with E-state index in [1.54, 1.807) is 0 Å². The minimum Gasteiger partial charge on any atom is -0.480 e. The quantitative estimate of drug-likeness (QED) is 0.839. The van der Waals surface area contributed by atoms with E-state index >= 15 is 0 Å². The molecular weight excluding hydrogens is 313 g/mol. The number of alkyl halides is 3. The summed E-state index contributed by atoms with van der Waals surface area (Å²) < 4.78 is 37.8. The Bertz CT molecular complexity index is 623. The van der Waals surface area contributed by atoms with Crippen molar-refractivity contribution in [3.8, 4) is 6.07 Å². The highest BCUT2D eigenvalue weighted by Gasteiger charge is 2.30. The Hall–Kier alpha value is -2.56. The normalized spacial score (nSPS) is 13.7. The molecule has 8 heteroatoms. The van der Waals surface area contributed by atoms with Gasteiger partial charge in [0.15, 0.2) is 0 Å². The van der Waals surface area contributed by atoms with Gasteiger partial charge in [-0.05, 0) is 25.0 Å². The van der Waals surface area contributed by atoms with Crippen molar-refractivity contribution >= 4 is 11.9 Å². The van der Waals surface area contributed by atoms with E-state index in [2.05, 4.69) is 5.32 Å². The summed E-state index contributed by atoms with van der Waals surface area (Å²) in [7, 11) is 0. The molecule has 1 aromatic rings. The molecule has 2 N–H and O–H groups in total. The second-order valence-electron chi connectivity index (χ2n) is 5.10. The van der Waals surface area contributed by atoms with Crippen molar-refractivity contribution < 1.29 is 27.9 Å². The molecule has 1 rings (SSSR count). The fraction of sp³-hybridized carbons (Fsp3) is 0.400. The molecule has 0 radical (unpaired) electrons. The molecule has 1 aromatic carbocycles. The Balaban J connectivity index is 2.76. The van der Waals surface area contributed by atoms with E-state index < -0.39 is 35.6 Å². The summed E-state index contributed by atoms with van der Waals surface area (Å²) in [6.45, 7) is 1.51. The first-order valence-corrected chi connectivity index (χ1v) is 6.71. The molecule has 0 bridgehead atoms. The first kappa shape index (κ1) is 18.5. The van der Waals surface area contributed by atoms with Crippen molar-refractivity contribution in [1.29, 1.82) is 5.26 Å². The van der Waals surface area contributed by atoms with Crippen LogP contribution in [0.3, 0.4) is 0 Å². The Labute approximate surface area is 130 Å². The van der Waals surface area contributed by atoms with Crippen molar-refractivity contribution in [2.45, 2.75) is 32.0 Å². The molecule has 0 unspecified atom stereocenters. The molecule has 0 aliphatic rings. The van der Waals surface area contributed by atoms with Crippen LogP contribution in [0.15, 0.2) is 24.3 Å². The first-order valence-electron chi connectivity index (χ1n) is 6.71. The number of benzene rings is 1. The maximum atomic E-state index is 12.6. The van der Waals surface area contributed by atoms with Crippen LogP contribution in [0.1, 0.15) is 24.5 Å². The molecule has 2 atom stereocenters. The van der Waals surface area contributed by atoms with Crippen LogP contribution >= 0.6 is 0 Å². The third-order valence-corrected chi connectivity index (χ3v) is 3.06. The van der Waals surface area contributed by atoms with Gasteiger partial charge in [0.2, 0.25) is 5.91 Å². The lowest BCUT2D eigenvalue weighted by atomic mass is 10.0. The van der Waals surface area contributed by atoms with Gasteiger partial charge in [-0.3, -0.25) is 4.79 Å². The molecule has 1 amide bonds. The largest absolute Gasteiger partial charge is 0.480 e. The Morgan fingerprint density at radius 1 is 1.39 bits per heavy atom. The van der Waals surface area contributed by atoms with E-state index in [1.807, 2.05) is 6.07 Å². The molecule has 124 valence electrons. The fourth-order valence-corrected chi connectivity index (χ4v) is 1.92. The van der Waals surface area contributed by atoms with Crippen LogP contribution in [0, 0.1) is 17.2 Å². The number of nitrogens with zero attached hydrogens (tertiary/aromatic N) is 1. The number of hydrogen-bond acceptors (Lipinski definition) is 3. The van der Waals surface area contributed by atoms with Gasteiger partial charge in [-0.2, -0.15) is 18.4 Å². The lowest BCUT2D eigenvalue weighted by Gasteiger charge is -2.15. The van der Waals surface area contributed by atoms with Crippen LogP contribution in [-0.4, -0.2) is 23.0 Å². The molecule has 0 saturated heterocycles. The number of nitriles is 1. The third-order valence-electron chi connectivity index (χ3n) is 3.06. The maximum absolute atomic E-state index is 12.6. The molecular formula is C15H15F3N2O3. The van der Waals surface area contributed by atoms with Gasteiger partial charge in [-0.15, -0.1) is 0 Å². The van der Waals surface area contributed by atoms with E-state index in [0.717, 1.165) is 12.1 Å². The van der Waals surface area contributed by atoms with Crippen LogP contribution in [-0.2, 0) is 22.2 Å². The summed E-state index contributed by atoms with van der Waals surface area (Å²) in [5.41, 5.74) is -0.759. The van der Waals surface area contributed by atoms with Gasteiger partial charge in [-0.25, -0.2) is 4.79 Å². The van der Waals surface area contributed by atoms with Crippen LogP contribution in [0.4, 0.5) is 13.2 Å². The summed E-state index contributed by atoms with van der Waals surface area (Å²) in [6, 6.07) is 4.85. The van der Waals surface area contributed by atoms with Crippen molar-refractivity contribution in [1.82, 2.24) is 5.32 Å². The number of aliphatic carboxylic acids is 1. The smallest absolute Gasteiger partial charge is 0.416 e. The van der Waals surface area contributed by atoms with E-state index in [4.69, 9.17) is 10.4 Å². The number of carbonyl (C=O) groups is 2. The van der Waals surface area contributed by atoms with Crippen molar-refractivity contribution in [3.63, 3.8) is 0 Å². The number of rotatable bonds is 6. The van der Waals surface area contributed by atoms with Crippen LogP contribution < -0.4 is 5.32 Å². The number of halogens is 3. The van der Waals surface area contributed by atoms with Gasteiger partial charge in [0.25, 0.3) is 0 Å². The molecule has 0 saturated carbocycles. The molecule has 23 heavy (non-hydrogen) atoms. The van der Waals surface area contributed by atoms with Crippen molar-refractivity contribution in [2.75, 3.05) is 0 Å². The summed E-state index contributed by atoms with van der Waals surface area (Å²) >= 11 is 0. The number of amides is 1. The van der Waals surface area contributed by atoms with E-state index in [-0.39, 0.29) is 18.4 Å². The number of carbonyl (C=O) groups excluding carboxylic acids is 1. The van der Waals surface area contributed by atoms with Gasteiger partial charge in [0.1, 0.15) is 6.04 Å². The fourth-order valence-electron chi connectivity index (χ4n) is 1.92. The highest BCUT2D eigenvalue weighted by molar-refractivity contribution is 5.84. The van der Waals surface area contributed by atoms with Gasteiger partial charge in [0.05, 0.1) is 18.1 Å². The molecule has 0 aliphatic carbocycles. The SMILES string of the molecule is C[C@H](C#N)C[C@H](NC(=O)Cc1cccc(C(F)(F)F)c1)C(=O)O. The zero-order valence-electron chi connectivity index (χ0n) is 12.2. The predicted molar refractivity (Wildman–Crippen MR) is 74.1 cm³/mol. The maximum Gasteiger partial charge on any atom is 0.416 e. The lowest BCUT2D eigenvalue weighted by molar-refractivity contribution is -0.142. The summed E-state index contributed by atoms with van der Waals surface area (Å²) in [5.74, 6) is -2.60. The van der Waals surface area contributed by atoms with E-state index in [9.17, 15) is 22.8 Å². The standard InChI is InChI=1S/C15H15F3N2O3/c1-9(8-19)5-12(14(22)23)20-13(21)7-10-3-2-4-11(6-10)15(16,17)18/h2-4,6,9,12H,5,7H2,1H3,(H,20,21)(H,22,23)/t9-,12-/m0/s1. The molecule has 0 aliphatic heterocycles. The number of carboxylic acids is 1. The molecule has 0 aromatic heterocycles. The van der Waals surface area contributed by atoms with Gasteiger partial charge >= 0.3 is 12.1 Å². The average molecular weight is 328 g/mol. The topological polar surface area (TPSA) is 90.2 Å². The summed E-state index contributed by atoms with van der Waals surface area (Å²) in [5, 5.41) is 19.9. The Morgan fingerprint density at radius 3 is 2.57 bits per heavy atom. The van der Waals surface area contributed by atoms with Crippen molar-refractivity contribution in [2.24, 2.45) is 5.92 Å². The average Bonchev–Trinajstić information content (AvgIpc) is 2.45. The number of hydrogen-bond donors (Lipinski definition) is 2. The zero-order valence-corrected chi connectivity index (χ0v) is 12.2. The van der Waals surface area contributed by atoms with Crippen LogP contribution in [0.2, 0.25) is 0 Å². The molecule has 0 spiro atoms. The Morgan fingerprint density at radius 2 is 2.04 bits per heavy atom. The van der Waals surface area contributed by atoms with E-state index in [1.165, 1.54) is 19.1 Å². The minimum absolute atomic E-state index is 0.0832. The monoisotopic (exact) mass is 328 g/mol. The van der Waals surface area contributed by atoms with Crippen LogP contribution in [0.5, 0.6) is 0 Å². The molecule has 5 nitrogen and oxygen atoms in total. The van der Waals surface area contributed by atoms with Gasteiger partial charge in [-0.1, -0.05) is 18.2 Å². The zero-order chi connectivity index (χ0) is 17.6. The second kappa shape index (κ2) is 7.63. The summed E-state index contributed by atoms with van der Waals surface area (Å²) in [6.07, 6.45) is -4.98. The number of carboxylic acid groups (broad SMARTS) is 1. The van der Waals surface area contributed by atoms with Gasteiger partial charge in [0, 0.05) is 5.92 Å². The molecule has 0 heterocycles. The van der Waals surface area contributed by atoms with Crippen LogP contribution in [0.25, 0.3) is 0 Å². The van der Waals surface area contributed by atoms with Crippen molar-refractivity contribution in [3.05, 3.63) is 35.4 Å². The molecule has 0 fully saturated rings.